The van der Waals surface area contributed by atoms with Crippen LogP contribution in [-0.4, -0.2) is 35.0 Å². The molecule has 0 spiro atoms. The topological polar surface area (TPSA) is 57.6 Å². The molecule has 4 heteroatoms. The molecule has 0 aromatic heterocycles. The SMILES string of the molecule is CCN(CC1CCC1)C(=O)C1CC1C(=O)O. The minimum Gasteiger partial charge on any atom is -0.481 e. The van der Waals surface area contributed by atoms with Gasteiger partial charge < -0.3 is 10.0 Å². The van der Waals surface area contributed by atoms with E-state index < -0.39 is 11.9 Å². The minimum absolute atomic E-state index is 0.0572. The standard InChI is InChI=1S/C12H19NO3/c1-2-13(7-8-4-3-5-8)11(14)9-6-10(9)12(15)16/h8-10H,2-7H2,1H3,(H,15,16). The molecule has 0 aromatic carbocycles. The molecule has 2 unspecified atom stereocenters. The van der Waals surface area contributed by atoms with Crippen LogP contribution >= 0.6 is 0 Å². The van der Waals surface area contributed by atoms with E-state index in [2.05, 4.69) is 0 Å². The Morgan fingerprint density at radius 2 is 2.00 bits per heavy atom. The van der Waals surface area contributed by atoms with Gasteiger partial charge in [-0.15, -0.1) is 0 Å². The van der Waals surface area contributed by atoms with Gasteiger partial charge in [0, 0.05) is 13.1 Å². The fraction of sp³-hybridized carbons (Fsp3) is 0.833. The smallest absolute Gasteiger partial charge is 0.307 e. The van der Waals surface area contributed by atoms with Crippen molar-refractivity contribution in [3.8, 4) is 0 Å². The van der Waals surface area contributed by atoms with Crippen LogP contribution < -0.4 is 0 Å². The molecule has 0 saturated heterocycles. The van der Waals surface area contributed by atoms with Crippen molar-refractivity contribution < 1.29 is 14.7 Å². The van der Waals surface area contributed by atoms with Crippen molar-refractivity contribution in [1.82, 2.24) is 4.90 Å². The Balaban J connectivity index is 1.84. The lowest BCUT2D eigenvalue weighted by Crippen LogP contribution is -2.38. The third-order valence-electron chi connectivity index (χ3n) is 3.82. The maximum atomic E-state index is 12.0. The zero-order chi connectivity index (χ0) is 11.7. The van der Waals surface area contributed by atoms with E-state index in [-0.39, 0.29) is 11.8 Å². The van der Waals surface area contributed by atoms with Gasteiger partial charge in [-0.2, -0.15) is 0 Å². The fourth-order valence-corrected chi connectivity index (χ4v) is 2.34. The van der Waals surface area contributed by atoms with E-state index in [0.717, 1.165) is 6.54 Å². The summed E-state index contributed by atoms with van der Waals surface area (Å²) in [6.07, 6.45) is 4.25. The van der Waals surface area contributed by atoms with Gasteiger partial charge in [-0.1, -0.05) is 6.42 Å². The first kappa shape index (κ1) is 11.4. The third kappa shape index (κ3) is 2.20. The molecule has 2 atom stereocenters. The van der Waals surface area contributed by atoms with E-state index in [9.17, 15) is 9.59 Å². The maximum Gasteiger partial charge on any atom is 0.307 e. The van der Waals surface area contributed by atoms with Crippen molar-refractivity contribution in [3.05, 3.63) is 0 Å². The Morgan fingerprint density at radius 1 is 1.31 bits per heavy atom. The van der Waals surface area contributed by atoms with Gasteiger partial charge >= 0.3 is 5.97 Å². The highest BCUT2D eigenvalue weighted by Gasteiger charge is 2.49. The van der Waals surface area contributed by atoms with Crippen molar-refractivity contribution in [1.29, 1.82) is 0 Å². The lowest BCUT2D eigenvalue weighted by Gasteiger charge is -2.32. The highest BCUT2D eigenvalue weighted by Crippen LogP contribution is 2.40. The molecular weight excluding hydrogens is 206 g/mol. The number of nitrogens with zero attached hydrogens (tertiary/aromatic N) is 1. The first-order valence-electron chi connectivity index (χ1n) is 6.15. The number of hydrogen-bond donors (Lipinski definition) is 1. The Morgan fingerprint density at radius 3 is 2.38 bits per heavy atom. The molecule has 4 nitrogen and oxygen atoms in total. The van der Waals surface area contributed by atoms with Crippen LogP contribution in [0.5, 0.6) is 0 Å². The lowest BCUT2D eigenvalue weighted by atomic mass is 9.85. The number of carbonyl (C=O) groups excluding carboxylic acids is 1. The molecule has 16 heavy (non-hydrogen) atoms. The summed E-state index contributed by atoms with van der Waals surface area (Å²) in [5.41, 5.74) is 0. The molecule has 2 fully saturated rings. The molecule has 2 rings (SSSR count). The minimum atomic E-state index is -0.821. The molecule has 2 aliphatic rings. The van der Waals surface area contributed by atoms with Gasteiger partial charge in [0.2, 0.25) is 5.91 Å². The summed E-state index contributed by atoms with van der Waals surface area (Å²) < 4.78 is 0. The van der Waals surface area contributed by atoms with Gasteiger partial charge in [0.1, 0.15) is 0 Å². The number of aliphatic carboxylic acids is 1. The molecular formula is C12H19NO3. The lowest BCUT2D eigenvalue weighted by molar-refractivity contribution is -0.142. The second-order valence-electron chi connectivity index (χ2n) is 4.96. The molecule has 2 aliphatic carbocycles. The van der Waals surface area contributed by atoms with Crippen LogP contribution in [-0.2, 0) is 9.59 Å². The first-order chi connectivity index (χ1) is 7.63. The van der Waals surface area contributed by atoms with Crippen LogP contribution in [0, 0.1) is 17.8 Å². The number of amides is 1. The van der Waals surface area contributed by atoms with Crippen molar-refractivity contribution in [2.45, 2.75) is 32.6 Å². The second kappa shape index (κ2) is 4.44. The highest BCUT2D eigenvalue weighted by atomic mass is 16.4. The van der Waals surface area contributed by atoms with Gasteiger partial charge in [-0.05, 0) is 32.1 Å². The zero-order valence-electron chi connectivity index (χ0n) is 9.69. The predicted octanol–water partition coefficient (Wildman–Crippen LogP) is 1.36. The number of carbonyl (C=O) groups is 2. The maximum absolute atomic E-state index is 12.0. The van der Waals surface area contributed by atoms with Gasteiger partial charge in [0.05, 0.1) is 11.8 Å². The van der Waals surface area contributed by atoms with Crippen molar-refractivity contribution in [2.75, 3.05) is 13.1 Å². The van der Waals surface area contributed by atoms with Crippen molar-refractivity contribution in [3.63, 3.8) is 0 Å². The number of rotatable bonds is 5. The predicted molar refractivity (Wildman–Crippen MR) is 58.8 cm³/mol. The van der Waals surface area contributed by atoms with E-state index in [0.29, 0.717) is 18.9 Å². The molecule has 0 aliphatic heterocycles. The van der Waals surface area contributed by atoms with Crippen LogP contribution in [0.15, 0.2) is 0 Å². The Labute approximate surface area is 95.6 Å². The molecule has 0 heterocycles. The van der Waals surface area contributed by atoms with Crippen LogP contribution in [0.4, 0.5) is 0 Å². The van der Waals surface area contributed by atoms with E-state index in [1.807, 2.05) is 11.8 Å². The molecule has 1 amide bonds. The monoisotopic (exact) mass is 225 g/mol. The summed E-state index contributed by atoms with van der Waals surface area (Å²) in [5.74, 6) is -0.758. The normalized spacial score (nSPS) is 28.3. The molecule has 0 radical (unpaired) electrons. The highest BCUT2D eigenvalue weighted by molar-refractivity contribution is 5.89. The quantitative estimate of drug-likeness (QED) is 0.768. The zero-order valence-corrected chi connectivity index (χ0v) is 9.69. The van der Waals surface area contributed by atoms with Gasteiger partial charge in [0.25, 0.3) is 0 Å². The Hall–Kier alpha value is -1.06. The largest absolute Gasteiger partial charge is 0.481 e. The third-order valence-corrected chi connectivity index (χ3v) is 3.82. The summed E-state index contributed by atoms with van der Waals surface area (Å²) >= 11 is 0. The van der Waals surface area contributed by atoms with Crippen LogP contribution in [0.1, 0.15) is 32.6 Å². The van der Waals surface area contributed by atoms with Gasteiger partial charge in [0.15, 0.2) is 0 Å². The van der Waals surface area contributed by atoms with Crippen LogP contribution in [0.3, 0.4) is 0 Å². The first-order valence-corrected chi connectivity index (χ1v) is 6.15. The fourth-order valence-electron chi connectivity index (χ4n) is 2.34. The van der Waals surface area contributed by atoms with Gasteiger partial charge in [-0.3, -0.25) is 9.59 Å². The van der Waals surface area contributed by atoms with Crippen molar-refractivity contribution in [2.24, 2.45) is 17.8 Å². The number of carboxylic acid groups (broad SMARTS) is 1. The summed E-state index contributed by atoms with van der Waals surface area (Å²) in [6.45, 7) is 3.51. The van der Waals surface area contributed by atoms with E-state index in [1.165, 1.54) is 19.3 Å². The summed E-state index contributed by atoms with van der Waals surface area (Å²) in [6, 6.07) is 0. The summed E-state index contributed by atoms with van der Waals surface area (Å²) in [4.78, 5) is 24.5. The number of carboxylic acids is 1. The molecule has 1 N–H and O–H groups in total. The molecule has 0 bridgehead atoms. The number of hydrogen-bond acceptors (Lipinski definition) is 2. The average Bonchev–Trinajstić information content (AvgIpc) is 2.95. The summed E-state index contributed by atoms with van der Waals surface area (Å²) in [5, 5.41) is 8.80. The Bertz CT molecular complexity index is 299. The molecule has 2 saturated carbocycles. The Kier molecular flexibility index (Phi) is 3.17. The molecule has 0 aromatic rings. The van der Waals surface area contributed by atoms with Crippen LogP contribution in [0.2, 0.25) is 0 Å². The summed E-state index contributed by atoms with van der Waals surface area (Å²) in [7, 11) is 0. The molecule has 90 valence electrons. The van der Waals surface area contributed by atoms with Crippen LogP contribution in [0.25, 0.3) is 0 Å². The average molecular weight is 225 g/mol. The van der Waals surface area contributed by atoms with E-state index >= 15 is 0 Å². The second-order valence-corrected chi connectivity index (χ2v) is 4.96. The van der Waals surface area contributed by atoms with E-state index in [1.54, 1.807) is 0 Å². The van der Waals surface area contributed by atoms with E-state index in [4.69, 9.17) is 5.11 Å². The van der Waals surface area contributed by atoms with Crippen molar-refractivity contribution >= 4 is 11.9 Å². The van der Waals surface area contributed by atoms with Gasteiger partial charge in [-0.25, -0.2) is 0 Å².